The molecule has 7 heteroatoms. The van der Waals surface area contributed by atoms with Crippen molar-refractivity contribution in [3.05, 3.63) is 65.2 Å². The molecule has 4 N–H and O–H groups in total. The van der Waals surface area contributed by atoms with Crippen molar-refractivity contribution in [2.45, 2.75) is 6.61 Å². The monoisotopic (exact) mass is 342 g/mol. The molecule has 0 saturated heterocycles. The molecule has 1 heterocycles. The van der Waals surface area contributed by atoms with Gasteiger partial charge in [0, 0.05) is 11.1 Å². The molecule has 1 aromatic heterocycles. The summed E-state index contributed by atoms with van der Waals surface area (Å²) in [5.41, 5.74) is 13.9. The highest BCUT2D eigenvalue weighted by Crippen LogP contribution is 2.28. The Bertz CT molecular complexity index is 1050. The molecule has 0 saturated carbocycles. The van der Waals surface area contributed by atoms with Crippen molar-refractivity contribution >= 4 is 11.8 Å². The normalized spacial score (nSPS) is 9.92. The second-order valence-electron chi connectivity index (χ2n) is 5.39. The summed E-state index contributed by atoms with van der Waals surface area (Å²) in [4.78, 5) is 7.94. The lowest BCUT2D eigenvalue weighted by molar-refractivity contribution is 0.306. The first kappa shape index (κ1) is 16.7. The number of aromatic nitrogens is 2. The first-order valence-corrected chi connectivity index (χ1v) is 7.66. The summed E-state index contributed by atoms with van der Waals surface area (Å²) in [5, 5.41) is 18.5. The van der Waals surface area contributed by atoms with Gasteiger partial charge in [0.25, 0.3) is 0 Å². The van der Waals surface area contributed by atoms with E-state index in [-0.39, 0.29) is 23.9 Å². The molecule has 26 heavy (non-hydrogen) atoms. The minimum atomic E-state index is -0.00855. The highest BCUT2D eigenvalue weighted by atomic mass is 16.5. The number of hydrogen-bond donors (Lipinski definition) is 2. The summed E-state index contributed by atoms with van der Waals surface area (Å²) in [6, 6.07) is 18.4. The average molecular weight is 342 g/mol. The fraction of sp³-hybridized carbons (Fsp3) is 0.0526. The van der Waals surface area contributed by atoms with Crippen molar-refractivity contribution in [1.82, 2.24) is 9.97 Å². The molecule has 3 aromatic rings. The van der Waals surface area contributed by atoms with Gasteiger partial charge in [0.1, 0.15) is 29.8 Å². The third kappa shape index (κ3) is 3.37. The van der Waals surface area contributed by atoms with Crippen LogP contribution in [0.5, 0.6) is 5.75 Å². The standard InChI is InChI=1S/C19H14N6O/c20-9-13-4-1-2-5-14(13)11-26-15-7-3-6-12(8-15)17-16(10-21)18(22)25-19(23)24-17/h1-8H,11H2,(H4,22,23,24,25). The molecule has 0 radical (unpaired) electrons. The van der Waals surface area contributed by atoms with Gasteiger partial charge >= 0.3 is 0 Å². The lowest BCUT2D eigenvalue weighted by atomic mass is 10.1. The van der Waals surface area contributed by atoms with Crippen LogP contribution in [0.3, 0.4) is 0 Å². The van der Waals surface area contributed by atoms with Crippen LogP contribution in [0.2, 0.25) is 0 Å². The van der Waals surface area contributed by atoms with Crippen LogP contribution in [-0.2, 0) is 6.61 Å². The summed E-state index contributed by atoms with van der Waals surface area (Å²) in [5.74, 6) is 0.588. The Balaban J connectivity index is 1.91. The van der Waals surface area contributed by atoms with Crippen LogP contribution >= 0.6 is 0 Å². The van der Waals surface area contributed by atoms with E-state index in [1.165, 1.54) is 0 Å². The Hall–Kier alpha value is -4.10. The number of benzene rings is 2. The maximum Gasteiger partial charge on any atom is 0.222 e. The maximum atomic E-state index is 9.32. The first-order chi connectivity index (χ1) is 12.6. The highest BCUT2D eigenvalue weighted by Gasteiger charge is 2.14. The van der Waals surface area contributed by atoms with Crippen molar-refractivity contribution in [3.8, 4) is 29.1 Å². The van der Waals surface area contributed by atoms with Crippen LogP contribution < -0.4 is 16.2 Å². The van der Waals surface area contributed by atoms with Gasteiger partial charge in [0.2, 0.25) is 5.95 Å². The number of ether oxygens (including phenoxy) is 1. The van der Waals surface area contributed by atoms with Crippen LogP contribution in [0, 0.1) is 22.7 Å². The molecule has 0 unspecified atom stereocenters. The Morgan fingerprint density at radius 2 is 1.77 bits per heavy atom. The van der Waals surface area contributed by atoms with Gasteiger partial charge in [-0.15, -0.1) is 0 Å². The summed E-state index contributed by atoms with van der Waals surface area (Å²) in [7, 11) is 0. The summed E-state index contributed by atoms with van der Waals surface area (Å²) in [6.45, 7) is 0.242. The van der Waals surface area contributed by atoms with E-state index in [1.807, 2.05) is 18.2 Å². The van der Waals surface area contributed by atoms with Crippen molar-refractivity contribution in [2.24, 2.45) is 0 Å². The van der Waals surface area contributed by atoms with Crippen LogP contribution in [0.15, 0.2) is 48.5 Å². The molecule has 7 nitrogen and oxygen atoms in total. The largest absolute Gasteiger partial charge is 0.489 e. The number of nitriles is 2. The van der Waals surface area contributed by atoms with Crippen LogP contribution in [0.4, 0.5) is 11.8 Å². The zero-order valence-electron chi connectivity index (χ0n) is 13.7. The van der Waals surface area contributed by atoms with E-state index in [0.717, 1.165) is 5.56 Å². The third-order valence-corrected chi connectivity index (χ3v) is 3.71. The van der Waals surface area contributed by atoms with E-state index >= 15 is 0 Å². The van der Waals surface area contributed by atoms with Gasteiger partial charge in [0.15, 0.2) is 0 Å². The quantitative estimate of drug-likeness (QED) is 0.744. The van der Waals surface area contributed by atoms with Crippen molar-refractivity contribution in [2.75, 3.05) is 11.5 Å². The Morgan fingerprint density at radius 3 is 2.54 bits per heavy atom. The Kier molecular flexibility index (Phi) is 4.64. The van der Waals surface area contributed by atoms with Crippen LogP contribution in [0.25, 0.3) is 11.3 Å². The maximum absolute atomic E-state index is 9.32. The minimum absolute atomic E-state index is 0.00855. The van der Waals surface area contributed by atoms with Crippen molar-refractivity contribution < 1.29 is 4.74 Å². The topological polar surface area (TPSA) is 135 Å². The van der Waals surface area contributed by atoms with Gasteiger partial charge in [0.05, 0.1) is 17.3 Å². The lowest BCUT2D eigenvalue weighted by Gasteiger charge is -2.10. The lowest BCUT2D eigenvalue weighted by Crippen LogP contribution is -2.05. The number of rotatable bonds is 4. The zero-order chi connectivity index (χ0) is 18.5. The molecular weight excluding hydrogens is 328 g/mol. The predicted molar refractivity (Wildman–Crippen MR) is 96.5 cm³/mol. The third-order valence-electron chi connectivity index (χ3n) is 3.71. The number of anilines is 2. The predicted octanol–water partition coefficient (Wildman–Crippen LogP) is 2.63. The van der Waals surface area contributed by atoms with Gasteiger partial charge in [-0.05, 0) is 18.2 Å². The van der Waals surface area contributed by atoms with Crippen LogP contribution in [-0.4, -0.2) is 9.97 Å². The molecule has 0 amide bonds. The second-order valence-corrected chi connectivity index (χ2v) is 5.39. The fourth-order valence-corrected chi connectivity index (χ4v) is 2.46. The van der Waals surface area contributed by atoms with E-state index < -0.39 is 0 Å². The van der Waals surface area contributed by atoms with Gasteiger partial charge < -0.3 is 16.2 Å². The van der Waals surface area contributed by atoms with E-state index in [4.69, 9.17) is 21.5 Å². The minimum Gasteiger partial charge on any atom is -0.489 e. The molecule has 0 aliphatic carbocycles. The summed E-state index contributed by atoms with van der Waals surface area (Å²) >= 11 is 0. The molecule has 0 aliphatic rings. The van der Waals surface area contributed by atoms with E-state index in [1.54, 1.807) is 36.4 Å². The van der Waals surface area contributed by atoms with Crippen molar-refractivity contribution in [1.29, 1.82) is 10.5 Å². The molecule has 0 aliphatic heterocycles. The Labute approximate surface area is 150 Å². The number of nitrogens with zero attached hydrogens (tertiary/aromatic N) is 4. The van der Waals surface area contributed by atoms with E-state index in [2.05, 4.69) is 16.0 Å². The second kappa shape index (κ2) is 7.20. The Morgan fingerprint density at radius 1 is 0.962 bits per heavy atom. The molecule has 0 fully saturated rings. The SMILES string of the molecule is N#Cc1ccccc1COc1cccc(-c2nc(N)nc(N)c2C#N)c1. The summed E-state index contributed by atoms with van der Waals surface area (Å²) < 4.78 is 5.79. The molecular formula is C19H14N6O. The molecule has 3 rings (SSSR count). The van der Waals surface area contributed by atoms with E-state index in [0.29, 0.717) is 22.6 Å². The number of nitrogen functional groups attached to an aromatic ring is 2. The molecule has 2 aromatic carbocycles. The summed E-state index contributed by atoms with van der Waals surface area (Å²) in [6.07, 6.45) is 0. The van der Waals surface area contributed by atoms with Gasteiger partial charge in [-0.2, -0.15) is 15.5 Å². The van der Waals surface area contributed by atoms with Gasteiger partial charge in [-0.3, -0.25) is 0 Å². The molecule has 0 atom stereocenters. The number of nitrogens with two attached hydrogens (primary N) is 2. The zero-order valence-corrected chi connectivity index (χ0v) is 13.7. The average Bonchev–Trinajstić information content (AvgIpc) is 2.66. The molecule has 0 spiro atoms. The highest BCUT2D eigenvalue weighted by molar-refractivity contribution is 5.73. The molecule has 0 bridgehead atoms. The smallest absolute Gasteiger partial charge is 0.222 e. The van der Waals surface area contributed by atoms with Gasteiger partial charge in [-0.1, -0.05) is 30.3 Å². The fourth-order valence-electron chi connectivity index (χ4n) is 2.46. The van der Waals surface area contributed by atoms with Crippen molar-refractivity contribution in [3.63, 3.8) is 0 Å². The van der Waals surface area contributed by atoms with Gasteiger partial charge in [-0.25, -0.2) is 4.98 Å². The first-order valence-electron chi connectivity index (χ1n) is 7.66. The molecule has 126 valence electrons. The van der Waals surface area contributed by atoms with E-state index in [9.17, 15) is 5.26 Å². The number of hydrogen-bond acceptors (Lipinski definition) is 7. The van der Waals surface area contributed by atoms with Crippen LogP contribution in [0.1, 0.15) is 16.7 Å².